The van der Waals surface area contributed by atoms with Crippen molar-refractivity contribution in [1.82, 2.24) is 10.6 Å². The van der Waals surface area contributed by atoms with E-state index in [0.717, 1.165) is 13.0 Å². The van der Waals surface area contributed by atoms with Gasteiger partial charge in [0.05, 0.1) is 6.61 Å². The number of hydrogen-bond acceptors (Lipinski definition) is 3. The van der Waals surface area contributed by atoms with Gasteiger partial charge in [0.15, 0.2) is 0 Å². The van der Waals surface area contributed by atoms with Crippen LogP contribution in [-0.2, 0) is 9.53 Å². The van der Waals surface area contributed by atoms with Crippen LogP contribution >= 0.6 is 0 Å². The van der Waals surface area contributed by atoms with E-state index in [1.165, 1.54) is 6.42 Å². The van der Waals surface area contributed by atoms with Gasteiger partial charge in [0, 0.05) is 25.6 Å². The highest BCUT2D eigenvalue weighted by molar-refractivity contribution is 5.76. The van der Waals surface area contributed by atoms with Gasteiger partial charge in [0.25, 0.3) is 0 Å². The molecule has 0 aromatic carbocycles. The number of nitrogens with one attached hydrogen (secondary N) is 2. The largest absolute Gasteiger partial charge is 0.380 e. The zero-order valence-corrected chi connectivity index (χ0v) is 8.84. The molecule has 0 saturated carbocycles. The number of rotatable bonds is 6. The second kappa shape index (κ2) is 6.79. The van der Waals surface area contributed by atoms with Crippen LogP contribution in [0.3, 0.4) is 0 Å². The molecule has 1 rings (SSSR count). The normalized spacial score (nSPS) is 21.1. The number of carbonyl (C=O) groups excluding carboxylic acids is 1. The molecule has 4 heteroatoms. The molecule has 0 bridgehead atoms. The predicted octanol–water partition coefficient (Wildman–Crippen LogP) is 0.281. The third kappa shape index (κ3) is 4.58. The molecular weight excluding hydrogens is 180 g/mol. The first-order valence-corrected chi connectivity index (χ1v) is 5.40. The first-order chi connectivity index (χ1) is 6.83. The lowest BCUT2D eigenvalue weighted by molar-refractivity contribution is -0.121. The van der Waals surface area contributed by atoms with Gasteiger partial charge in [-0.3, -0.25) is 4.79 Å². The van der Waals surface area contributed by atoms with Gasteiger partial charge < -0.3 is 15.4 Å². The van der Waals surface area contributed by atoms with Gasteiger partial charge in [-0.15, -0.1) is 0 Å². The van der Waals surface area contributed by atoms with Crippen LogP contribution in [-0.4, -0.2) is 38.3 Å². The molecule has 14 heavy (non-hydrogen) atoms. The average Bonchev–Trinajstić information content (AvgIpc) is 2.65. The van der Waals surface area contributed by atoms with Crippen molar-refractivity contribution >= 4 is 5.91 Å². The summed E-state index contributed by atoms with van der Waals surface area (Å²) in [7, 11) is 0. The molecule has 1 amide bonds. The minimum atomic E-state index is 0.129. The highest BCUT2D eigenvalue weighted by atomic mass is 16.5. The summed E-state index contributed by atoms with van der Waals surface area (Å²) in [6.45, 7) is 4.95. The van der Waals surface area contributed by atoms with E-state index in [1.807, 2.05) is 6.92 Å². The minimum absolute atomic E-state index is 0.129. The highest BCUT2D eigenvalue weighted by Crippen LogP contribution is 2.07. The monoisotopic (exact) mass is 200 g/mol. The third-order valence-corrected chi connectivity index (χ3v) is 2.37. The Morgan fingerprint density at radius 2 is 2.50 bits per heavy atom. The van der Waals surface area contributed by atoms with Crippen LogP contribution in [0.15, 0.2) is 0 Å². The smallest absolute Gasteiger partial charge is 0.221 e. The lowest BCUT2D eigenvalue weighted by atomic mass is 10.1. The minimum Gasteiger partial charge on any atom is -0.380 e. The van der Waals surface area contributed by atoms with Crippen molar-refractivity contribution < 1.29 is 9.53 Å². The third-order valence-electron chi connectivity index (χ3n) is 2.37. The molecule has 1 aliphatic rings. The first kappa shape index (κ1) is 11.5. The molecule has 0 aromatic rings. The average molecular weight is 200 g/mol. The SMILES string of the molecule is CCOCCNC(=O)CC1CCCN1. The van der Waals surface area contributed by atoms with Crippen molar-refractivity contribution in [2.24, 2.45) is 0 Å². The fraction of sp³-hybridized carbons (Fsp3) is 0.900. The zero-order valence-electron chi connectivity index (χ0n) is 8.84. The Labute approximate surface area is 85.4 Å². The summed E-state index contributed by atoms with van der Waals surface area (Å²) >= 11 is 0. The number of hydrogen-bond donors (Lipinski definition) is 2. The molecule has 2 N–H and O–H groups in total. The standard InChI is InChI=1S/C10H20N2O2/c1-2-14-7-6-12-10(13)8-9-4-3-5-11-9/h9,11H,2-8H2,1H3,(H,12,13). The van der Waals surface area contributed by atoms with E-state index in [-0.39, 0.29) is 5.91 Å². The molecule has 1 aliphatic heterocycles. The Bertz CT molecular complexity index is 168. The van der Waals surface area contributed by atoms with E-state index >= 15 is 0 Å². The molecule has 1 fully saturated rings. The van der Waals surface area contributed by atoms with Gasteiger partial charge in [-0.2, -0.15) is 0 Å². The summed E-state index contributed by atoms with van der Waals surface area (Å²) in [5, 5.41) is 6.14. The molecule has 82 valence electrons. The van der Waals surface area contributed by atoms with Gasteiger partial charge in [-0.1, -0.05) is 0 Å². The molecule has 0 aliphatic carbocycles. The topological polar surface area (TPSA) is 50.4 Å². The van der Waals surface area contributed by atoms with Crippen LogP contribution in [0, 0.1) is 0 Å². The molecule has 0 radical (unpaired) electrons. The van der Waals surface area contributed by atoms with Crippen molar-refractivity contribution in [2.75, 3.05) is 26.3 Å². The summed E-state index contributed by atoms with van der Waals surface area (Å²) in [6.07, 6.45) is 2.92. The summed E-state index contributed by atoms with van der Waals surface area (Å²) in [6, 6.07) is 0.391. The van der Waals surface area contributed by atoms with Gasteiger partial charge in [0.2, 0.25) is 5.91 Å². The van der Waals surface area contributed by atoms with E-state index in [4.69, 9.17) is 4.74 Å². The fourth-order valence-corrected chi connectivity index (χ4v) is 1.63. The van der Waals surface area contributed by atoms with Gasteiger partial charge in [-0.25, -0.2) is 0 Å². The first-order valence-electron chi connectivity index (χ1n) is 5.40. The summed E-state index contributed by atoms with van der Waals surface area (Å²) in [4.78, 5) is 11.4. The Morgan fingerprint density at radius 3 is 3.14 bits per heavy atom. The molecule has 1 unspecified atom stereocenters. The van der Waals surface area contributed by atoms with Gasteiger partial charge >= 0.3 is 0 Å². The van der Waals surface area contributed by atoms with Crippen LogP contribution in [0.5, 0.6) is 0 Å². The summed E-state index contributed by atoms with van der Waals surface area (Å²) in [5.74, 6) is 0.129. The quantitative estimate of drug-likeness (QED) is 0.606. The lowest BCUT2D eigenvalue weighted by Gasteiger charge is -2.10. The van der Waals surface area contributed by atoms with Gasteiger partial charge in [-0.05, 0) is 26.3 Å². The fourth-order valence-electron chi connectivity index (χ4n) is 1.63. The van der Waals surface area contributed by atoms with Crippen LogP contribution in [0.1, 0.15) is 26.2 Å². The second-order valence-corrected chi connectivity index (χ2v) is 3.54. The lowest BCUT2D eigenvalue weighted by Crippen LogP contribution is -2.33. The number of ether oxygens (including phenoxy) is 1. The second-order valence-electron chi connectivity index (χ2n) is 3.54. The molecule has 1 atom stereocenters. The Balaban J connectivity index is 1.98. The molecule has 0 spiro atoms. The number of amides is 1. The van der Waals surface area contributed by atoms with Gasteiger partial charge in [0.1, 0.15) is 0 Å². The van der Waals surface area contributed by atoms with Crippen molar-refractivity contribution in [2.45, 2.75) is 32.2 Å². The van der Waals surface area contributed by atoms with Crippen LogP contribution < -0.4 is 10.6 Å². The van der Waals surface area contributed by atoms with E-state index in [9.17, 15) is 4.79 Å². The Hall–Kier alpha value is -0.610. The van der Waals surface area contributed by atoms with E-state index in [1.54, 1.807) is 0 Å². The van der Waals surface area contributed by atoms with Crippen molar-refractivity contribution in [3.05, 3.63) is 0 Å². The highest BCUT2D eigenvalue weighted by Gasteiger charge is 2.16. The summed E-state index contributed by atoms with van der Waals surface area (Å²) in [5.41, 5.74) is 0. The van der Waals surface area contributed by atoms with Crippen LogP contribution in [0.25, 0.3) is 0 Å². The van der Waals surface area contributed by atoms with Crippen LogP contribution in [0.4, 0.5) is 0 Å². The van der Waals surface area contributed by atoms with E-state index < -0.39 is 0 Å². The van der Waals surface area contributed by atoms with Crippen molar-refractivity contribution in [1.29, 1.82) is 0 Å². The molecule has 1 saturated heterocycles. The van der Waals surface area contributed by atoms with E-state index in [0.29, 0.717) is 32.2 Å². The maximum atomic E-state index is 11.4. The maximum absolute atomic E-state index is 11.4. The summed E-state index contributed by atoms with van der Waals surface area (Å²) < 4.78 is 5.12. The van der Waals surface area contributed by atoms with Crippen LogP contribution in [0.2, 0.25) is 0 Å². The molecular formula is C10H20N2O2. The maximum Gasteiger partial charge on any atom is 0.221 e. The van der Waals surface area contributed by atoms with E-state index in [2.05, 4.69) is 10.6 Å². The number of carbonyl (C=O) groups is 1. The Kier molecular flexibility index (Phi) is 5.56. The van der Waals surface area contributed by atoms with Crippen molar-refractivity contribution in [3.63, 3.8) is 0 Å². The zero-order chi connectivity index (χ0) is 10.2. The Morgan fingerprint density at radius 1 is 1.64 bits per heavy atom. The predicted molar refractivity (Wildman–Crippen MR) is 55.1 cm³/mol. The molecule has 1 heterocycles. The van der Waals surface area contributed by atoms with Crippen molar-refractivity contribution in [3.8, 4) is 0 Å². The molecule has 0 aromatic heterocycles. The molecule has 4 nitrogen and oxygen atoms in total.